The van der Waals surface area contributed by atoms with Gasteiger partial charge in [0.05, 0.1) is 35.4 Å². The van der Waals surface area contributed by atoms with Gasteiger partial charge in [0.25, 0.3) is 0 Å². The number of benzene rings is 2. The molecule has 234 valence electrons. The van der Waals surface area contributed by atoms with Crippen LogP contribution >= 0.6 is 0 Å². The topological polar surface area (TPSA) is 130 Å². The summed E-state index contributed by atoms with van der Waals surface area (Å²) in [6.07, 6.45) is 9.81. The van der Waals surface area contributed by atoms with Crippen molar-refractivity contribution in [3.05, 3.63) is 95.2 Å². The number of nitrogens with one attached hydrogen (secondary N) is 2. The number of aliphatic imine (C=N–C) groups is 1. The molecule has 1 aliphatic heterocycles. The summed E-state index contributed by atoms with van der Waals surface area (Å²) in [5.74, 6) is -0.819. The molecule has 3 aromatic heterocycles. The number of hydrogen-bond donors (Lipinski definition) is 2. The fourth-order valence-corrected chi connectivity index (χ4v) is 6.85. The summed E-state index contributed by atoms with van der Waals surface area (Å²) in [6.45, 7) is 0.271. The number of aromatic nitrogens is 4. The van der Waals surface area contributed by atoms with Crippen LogP contribution in [-0.2, 0) is 27.6 Å². The molecule has 0 radical (unpaired) electrons. The molecule has 2 aromatic carbocycles. The van der Waals surface area contributed by atoms with Crippen molar-refractivity contribution in [2.45, 2.75) is 38.6 Å². The van der Waals surface area contributed by atoms with Gasteiger partial charge in [-0.1, -0.05) is 25.0 Å². The summed E-state index contributed by atoms with van der Waals surface area (Å²) in [4.78, 5) is 34.0. The quantitative estimate of drug-likeness (QED) is 0.213. The molecule has 7 rings (SSSR count). The second kappa shape index (κ2) is 11.8. The maximum atomic E-state index is 16.3. The maximum Gasteiger partial charge on any atom is 0.227 e. The highest BCUT2D eigenvalue weighted by molar-refractivity contribution is 7.90. The molecule has 4 heterocycles. The molecule has 1 fully saturated rings. The summed E-state index contributed by atoms with van der Waals surface area (Å²) in [6, 6.07) is 11.3. The van der Waals surface area contributed by atoms with E-state index in [1.165, 1.54) is 12.1 Å². The minimum atomic E-state index is -3.23. The Hall–Kier alpha value is -4.84. The second-order valence-electron chi connectivity index (χ2n) is 11.9. The van der Waals surface area contributed by atoms with Gasteiger partial charge >= 0.3 is 0 Å². The van der Waals surface area contributed by atoms with Gasteiger partial charge in [0.1, 0.15) is 32.7 Å². The molecule has 1 saturated carbocycles. The summed E-state index contributed by atoms with van der Waals surface area (Å²) < 4.78 is 54.3. The van der Waals surface area contributed by atoms with Crippen LogP contribution in [0.2, 0.25) is 0 Å². The molecule has 2 N–H and O–H groups in total. The number of sulfone groups is 1. The van der Waals surface area contributed by atoms with Gasteiger partial charge in [-0.15, -0.1) is 0 Å². The highest BCUT2D eigenvalue weighted by Gasteiger charge is 2.28. The van der Waals surface area contributed by atoms with E-state index in [9.17, 15) is 17.6 Å². The normalized spacial score (nSPS) is 14.9. The number of amides is 1. The number of aromatic amines is 1. The number of aryl methyl sites for hydroxylation is 1. The van der Waals surface area contributed by atoms with Crippen molar-refractivity contribution >= 4 is 38.2 Å². The fourth-order valence-electron chi connectivity index (χ4n) is 6.24. The maximum absolute atomic E-state index is 16.3. The number of pyridine rings is 2. The SMILES string of the molecule is CS(=O)(=O)CCc1cc(F)cc(-c2nccc3[nH]c(C4=NCc5ccc(-c6cncc(NC(=O)C7CCCC7)c6)c(F)c54)nc23)c1. The van der Waals surface area contributed by atoms with Gasteiger partial charge in [-0.3, -0.25) is 19.8 Å². The van der Waals surface area contributed by atoms with E-state index in [0.29, 0.717) is 67.3 Å². The zero-order valence-electron chi connectivity index (χ0n) is 25.0. The number of hydrogen-bond acceptors (Lipinski definition) is 7. The van der Waals surface area contributed by atoms with Gasteiger partial charge in [-0.2, -0.15) is 0 Å². The predicted octanol–water partition coefficient (Wildman–Crippen LogP) is 6.03. The van der Waals surface area contributed by atoms with Gasteiger partial charge in [0, 0.05) is 46.8 Å². The summed E-state index contributed by atoms with van der Waals surface area (Å²) in [5, 5.41) is 2.94. The lowest BCUT2D eigenvalue weighted by Crippen LogP contribution is -2.20. The molecule has 1 aliphatic carbocycles. The molecule has 0 spiro atoms. The molecule has 2 aliphatic rings. The van der Waals surface area contributed by atoms with Crippen molar-refractivity contribution in [2.24, 2.45) is 10.9 Å². The monoisotopic (exact) mass is 640 g/mol. The standard InChI is InChI=1S/C34H30F2N6O3S/c1-46(44,45)11-9-19-12-22(14-24(35)13-19)30-31-27(8-10-38-30)41-33(42-31)32-28-21(17-39-32)6-7-26(29(28)36)23-15-25(18-37-16-23)40-34(43)20-4-2-3-5-20/h6-8,10,12-16,18,20H,2-5,9,11,17H2,1H3,(H,40,43)(H,41,42). The zero-order chi connectivity index (χ0) is 32.0. The first-order valence-electron chi connectivity index (χ1n) is 15.1. The number of halogens is 2. The molecule has 1 amide bonds. The van der Waals surface area contributed by atoms with Crippen LogP contribution in [0.25, 0.3) is 33.4 Å². The number of carbonyl (C=O) groups excluding carboxylic acids is 1. The van der Waals surface area contributed by atoms with E-state index in [0.717, 1.165) is 31.9 Å². The third-order valence-electron chi connectivity index (χ3n) is 8.53. The van der Waals surface area contributed by atoms with Gasteiger partial charge in [0.2, 0.25) is 5.91 Å². The van der Waals surface area contributed by atoms with E-state index in [2.05, 4.69) is 25.3 Å². The zero-order valence-corrected chi connectivity index (χ0v) is 25.8. The third kappa shape index (κ3) is 5.92. The van der Waals surface area contributed by atoms with Gasteiger partial charge in [0.15, 0.2) is 5.82 Å². The van der Waals surface area contributed by atoms with Crippen molar-refractivity contribution in [3.8, 4) is 22.4 Å². The van der Waals surface area contributed by atoms with Crippen LogP contribution in [0.15, 0.2) is 66.0 Å². The van der Waals surface area contributed by atoms with Crippen LogP contribution in [-0.4, -0.2) is 52.0 Å². The minimum Gasteiger partial charge on any atom is -0.337 e. The first-order valence-corrected chi connectivity index (χ1v) is 17.1. The highest BCUT2D eigenvalue weighted by atomic mass is 32.2. The van der Waals surface area contributed by atoms with Crippen molar-refractivity contribution in [3.63, 3.8) is 0 Å². The van der Waals surface area contributed by atoms with E-state index in [-0.39, 0.29) is 30.5 Å². The Morgan fingerprint density at radius 3 is 2.67 bits per heavy atom. The number of rotatable bonds is 8. The van der Waals surface area contributed by atoms with Crippen LogP contribution in [0.4, 0.5) is 14.5 Å². The number of anilines is 1. The van der Waals surface area contributed by atoms with E-state index < -0.39 is 21.5 Å². The van der Waals surface area contributed by atoms with Crippen LogP contribution in [0.1, 0.15) is 48.2 Å². The van der Waals surface area contributed by atoms with Gasteiger partial charge < -0.3 is 10.3 Å². The van der Waals surface area contributed by atoms with Crippen molar-refractivity contribution in [1.82, 2.24) is 19.9 Å². The van der Waals surface area contributed by atoms with Crippen molar-refractivity contribution in [2.75, 3.05) is 17.3 Å². The van der Waals surface area contributed by atoms with Crippen molar-refractivity contribution in [1.29, 1.82) is 0 Å². The molecule has 9 nitrogen and oxygen atoms in total. The number of H-pyrrole nitrogens is 1. The van der Waals surface area contributed by atoms with E-state index in [1.54, 1.807) is 42.9 Å². The lowest BCUT2D eigenvalue weighted by Gasteiger charge is -2.12. The summed E-state index contributed by atoms with van der Waals surface area (Å²) in [7, 11) is -3.23. The summed E-state index contributed by atoms with van der Waals surface area (Å²) in [5.41, 5.74) is 5.13. The number of imidazole rings is 1. The molecule has 46 heavy (non-hydrogen) atoms. The fraction of sp³-hybridized carbons (Fsp3) is 0.265. The Morgan fingerprint density at radius 1 is 1.04 bits per heavy atom. The highest BCUT2D eigenvalue weighted by Crippen LogP contribution is 2.34. The Labute approximate surface area is 264 Å². The second-order valence-corrected chi connectivity index (χ2v) is 14.2. The number of fused-ring (bicyclic) bond motifs is 2. The van der Waals surface area contributed by atoms with Crippen LogP contribution in [0.5, 0.6) is 0 Å². The molecule has 0 unspecified atom stereocenters. The van der Waals surface area contributed by atoms with Crippen molar-refractivity contribution < 1.29 is 22.0 Å². The third-order valence-corrected chi connectivity index (χ3v) is 9.48. The minimum absolute atomic E-state index is 0.0125. The molecule has 0 bridgehead atoms. The molecule has 12 heteroatoms. The number of carbonyl (C=O) groups is 1. The van der Waals surface area contributed by atoms with E-state index >= 15 is 4.39 Å². The average molecular weight is 641 g/mol. The number of nitrogens with zero attached hydrogens (tertiary/aromatic N) is 4. The Kier molecular flexibility index (Phi) is 7.67. The van der Waals surface area contributed by atoms with Crippen LogP contribution in [0, 0.1) is 17.6 Å². The van der Waals surface area contributed by atoms with Crippen LogP contribution in [0.3, 0.4) is 0 Å². The molecule has 0 saturated heterocycles. The molecule has 0 atom stereocenters. The Morgan fingerprint density at radius 2 is 1.87 bits per heavy atom. The molecular formula is C34H30F2N6O3S. The first kappa shape index (κ1) is 29.8. The first-order chi connectivity index (χ1) is 22.1. The Bertz CT molecular complexity index is 2160. The average Bonchev–Trinajstić information content (AvgIpc) is 3.80. The Balaban J connectivity index is 1.21. The smallest absolute Gasteiger partial charge is 0.227 e. The van der Waals surface area contributed by atoms with Crippen LogP contribution < -0.4 is 5.32 Å². The summed E-state index contributed by atoms with van der Waals surface area (Å²) >= 11 is 0. The van der Waals surface area contributed by atoms with E-state index in [1.807, 2.05) is 6.07 Å². The molecule has 5 aromatic rings. The predicted molar refractivity (Wildman–Crippen MR) is 172 cm³/mol. The molecular weight excluding hydrogens is 610 g/mol. The van der Waals surface area contributed by atoms with Gasteiger partial charge in [-0.25, -0.2) is 22.2 Å². The lowest BCUT2D eigenvalue weighted by molar-refractivity contribution is -0.119. The lowest BCUT2D eigenvalue weighted by atomic mass is 9.97. The largest absolute Gasteiger partial charge is 0.337 e. The van der Waals surface area contributed by atoms with Gasteiger partial charge in [-0.05, 0) is 60.7 Å². The van der Waals surface area contributed by atoms with E-state index in [4.69, 9.17) is 4.98 Å².